The zero-order valence-electron chi connectivity index (χ0n) is 12.2. The average Bonchev–Trinajstić information content (AvgIpc) is 2.78. The molecule has 0 radical (unpaired) electrons. The van der Waals surface area contributed by atoms with Gasteiger partial charge < -0.3 is 8.92 Å². The highest BCUT2D eigenvalue weighted by atomic mass is 35.5. The normalized spacial score (nSPS) is 15.3. The lowest BCUT2D eigenvalue weighted by molar-refractivity contribution is 0.101. The minimum Gasteiger partial charge on any atom is -0.452 e. The van der Waals surface area contributed by atoms with Gasteiger partial charge in [-0.15, -0.1) is 0 Å². The Balaban J connectivity index is 1.96. The second-order valence-corrected chi connectivity index (χ2v) is 7.39. The fraction of sp³-hybridized carbons (Fsp3) is 0.0625. The Labute approximate surface area is 148 Å². The van der Waals surface area contributed by atoms with Crippen LogP contribution in [0, 0.1) is 0 Å². The van der Waals surface area contributed by atoms with Crippen LogP contribution in [0.15, 0.2) is 42.2 Å². The molecule has 8 heteroatoms. The van der Waals surface area contributed by atoms with Crippen LogP contribution in [0.3, 0.4) is 0 Å². The number of rotatable bonds is 3. The molecule has 1 aliphatic rings. The molecule has 0 fully saturated rings. The van der Waals surface area contributed by atoms with Crippen molar-refractivity contribution in [2.75, 3.05) is 6.26 Å². The van der Waals surface area contributed by atoms with Crippen molar-refractivity contribution in [1.29, 1.82) is 0 Å². The van der Waals surface area contributed by atoms with E-state index < -0.39 is 10.1 Å². The summed E-state index contributed by atoms with van der Waals surface area (Å²) in [6, 6.07) is 9.20. The Bertz CT molecular complexity index is 980. The van der Waals surface area contributed by atoms with Crippen molar-refractivity contribution in [1.82, 2.24) is 0 Å². The second-order valence-electron chi connectivity index (χ2n) is 5.03. The van der Waals surface area contributed by atoms with Gasteiger partial charge in [-0.2, -0.15) is 8.42 Å². The minimum absolute atomic E-state index is 0.0608. The van der Waals surface area contributed by atoms with Gasteiger partial charge in [-0.3, -0.25) is 4.79 Å². The van der Waals surface area contributed by atoms with Gasteiger partial charge >= 0.3 is 10.1 Å². The summed E-state index contributed by atoms with van der Waals surface area (Å²) in [6.07, 6.45) is 2.41. The second kappa shape index (κ2) is 6.12. The van der Waals surface area contributed by atoms with Gasteiger partial charge in [-0.25, -0.2) is 0 Å². The van der Waals surface area contributed by atoms with Crippen LogP contribution in [0.5, 0.6) is 11.5 Å². The molecule has 0 saturated heterocycles. The van der Waals surface area contributed by atoms with E-state index in [1.54, 1.807) is 18.2 Å². The van der Waals surface area contributed by atoms with Gasteiger partial charge in [0.05, 0.1) is 21.9 Å². The largest absolute Gasteiger partial charge is 0.452 e. The first-order chi connectivity index (χ1) is 11.2. The molecule has 0 amide bonds. The summed E-state index contributed by atoms with van der Waals surface area (Å²) in [5.41, 5.74) is 0.841. The maximum atomic E-state index is 12.4. The quantitative estimate of drug-likeness (QED) is 0.591. The summed E-state index contributed by atoms with van der Waals surface area (Å²) in [7, 11) is -3.67. The zero-order valence-corrected chi connectivity index (χ0v) is 14.6. The van der Waals surface area contributed by atoms with E-state index in [2.05, 4.69) is 0 Å². The van der Waals surface area contributed by atoms with E-state index in [1.807, 2.05) is 0 Å². The monoisotopic (exact) mass is 384 g/mol. The first-order valence-corrected chi connectivity index (χ1v) is 9.23. The van der Waals surface area contributed by atoms with E-state index in [0.717, 1.165) is 6.26 Å². The van der Waals surface area contributed by atoms with Gasteiger partial charge in [0.1, 0.15) is 11.5 Å². The van der Waals surface area contributed by atoms with Crippen molar-refractivity contribution >= 4 is 45.2 Å². The summed E-state index contributed by atoms with van der Waals surface area (Å²) in [5, 5.41) is 0.665. The molecule has 0 spiro atoms. The van der Waals surface area contributed by atoms with Crippen LogP contribution in [0.25, 0.3) is 6.08 Å². The molecule has 1 heterocycles. The van der Waals surface area contributed by atoms with E-state index in [4.69, 9.17) is 32.1 Å². The number of carbonyl (C=O) groups is 1. The number of ether oxygens (including phenoxy) is 1. The Morgan fingerprint density at radius 3 is 2.62 bits per heavy atom. The van der Waals surface area contributed by atoms with Crippen LogP contribution in [0.4, 0.5) is 0 Å². The molecular formula is C16H10Cl2O5S. The highest BCUT2D eigenvalue weighted by molar-refractivity contribution is 7.86. The van der Waals surface area contributed by atoms with E-state index in [1.165, 1.54) is 24.3 Å². The summed E-state index contributed by atoms with van der Waals surface area (Å²) < 4.78 is 32.6. The lowest BCUT2D eigenvalue weighted by Crippen LogP contribution is -2.05. The molecule has 0 N–H and O–H groups in total. The molecule has 5 nitrogen and oxygen atoms in total. The molecule has 0 atom stereocenters. The van der Waals surface area contributed by atoms with Crippen LogP contribution < -0.4 is 8.92 Å². The van der Waals surface area contributed by atoms with E-state index >= 15 is 0 Å². The highest BCUT2D eigenvalue weighted by Crippen LogP contribution is 2.36. The highest BCUT2D eigenvalue weighted by Gasteiger charge is 2.28. The number of hydrogen-bond acceptors (Lipinski definition) is 5. The van der Waals surface area contributed by atoms with Crippen molar-refractivity contribution in [3.8, 4) is 11.5 Å². The first kappa shape index (κ1) is 16.8. The summed E-state index contributed by atoms with van der Waals surface area (Å²) in [5.74, 6) is -0.00532. The average molecular weight is 385 g/mol. The van der Waals surface area contributed by atoms with Crippen molar-refractivity contribution in [3.05, 3.63) is 63.3 Å². The number of fused-ring (bicyclic) bond motifs is 1. The standard InChI is InChI=1S/C16H10Cl2O5S/c1-24(20,21)23-10-5-6-11-13(8-10)22-14(16(11)19)7-9-3-2-4-12(17)15(9)18/h2-8H,1H3. The van der Waals surface area contributed by atoms with E-state index in [9.17, 15) is 13.2 Å². The molecule has 0 unspecified atom stereocenters. The Morgan fingerprint density at radius 1 is 1.17 bits per heavy atom. The number of Topliss-reactive ketones (excluding diaryl/α,β-unsaturated/α-hetero) is 1. The Morgan fingerprint density at radius 2 is 1.92 bits per heavy atom. The molecule has 0 bridgehead atoms. The number of allylic oxidation sites excluding steroid dienone is 1. The molecule has 24 heavy (non-hydrogen) atoms. The summed E-state index contributed by atoms with van der Waals surface area (Å²) >= 11 is 12.0. The predicted octanol–water partition coefficient (Wildman–Crippen LogP) is 3.95. The van der Waals surface area contributed by atoms with Crippen molar-refractivity contribution in [2.24, 2.45) is 0 Å². The molecule has 2 aromatic carbocycles. The minimum atomic E-state index is -3.67. The van der Waals surface area contributed by atoms with Crippen molar-refractivity contribution in [2.45, 2.75) is 0 Å². The molecule has 0 saturated carbocycles. The number of benzene rings is 2. The molecule has 2 aromatic rings. The number of halogens is 2. The predicted molar refractivity (Wildman–Crippen MR) is 91.3 cm³/mol. The first-order valence-electron chi connectivity index (χ1n) is 6.66. The van der Waals surface area contributed by atoms with Gasteiger partial charge in [0.25, 0.3) is 0 Å². The van der Waals surface area contributed by atoms with E-state index in [-0.39, 0.29) is 23.0 Å². The smallest absolute Gasteiger partial charge is 0.306 e. The number of ketones is 1. The van der Waals surface area contributed by atoms with Gasteiger partial charge in [0.15, 0.2) is 5.76 Å². The third-order valence-corrected chi connectivity index (χ3v) is 4.49. The van der Waals surface area contributed by atoms with Crippen molar-refractivity contribution in [3.63, 3.8) is 0 Å². The third kappa shape index (κ3) is 3.40. The van der Waals surface area contributed by atoms with Gasteiger partial charge in [0, 0.05) is 6.07 Å². The van der Waals surface area contributed by atoms with Gasteiger partial charge in [-0.05, 0) is 29.8 Å². The van der Waals surface area contributed by atoms with Crippen LogP contribution >= 0.6 is 23.2 Å². The van der Waals surface area contributed by atoms with Gasteiger partial charge in [0.2, 0.25) is 5.78 Å². The van der Waals surface area contributed by atoms with Crippen LogP contribution in [-0.4, -0.2) is 20.5 Å². The van der Waals surface area contributed by atoms with Crippen molar-refractivity contribution < 1.29 is 22.1 Å². The lowest BCUT2D eigenvalue weighted by Gasteiger charge is -2.04. The fourth-order valence-electron chi connectivity index (χ4n) is 2.17. The maximum absolute atomic E-state index is 12.4. The number of hydrogen-bond donors (Lipinski definition) is 0. The third-order valence-electron chi connectivity index (χ3n) is 3.16. The Hall–Kier alpha value is -2.02. The molecule has 3 rings (SSSR count). The fourth-order valence-corrected chi connectivity index (χ4v) is 2.98. The molecular weight excluding hydrogens is 375 g/mol. The molecule has 1 aliphatic heterocycles. The van der Waals surface area contributed by atoms with Crippen LogP contribution in [0.1, 0.15) is 15.9 Å². The topological polar surface area (TPSA) is 69.7 Å². The summed E-state index contributed by atoms with van der Waals surface area (Å²) in [4.78, 5) is 12.4. The van der Waals surface area contributed by atoms with Crippen LogP contribution in [0.2, 0.25) is 10.0 Å². The molecule has 0 aliphatic carbocycles. The lowest BCUT2D eigenvalue weighted by atomic mass is 10.1. The van der Waals surface area contributed by atoms with Crippen LogP contribution in [-0.2, 0) is 10.1 Å². The van der Waals surface area contributed by atoms with E-state index in [0.29, 0.717) is 21.2 Å². The molecule has 124 valence electrons. The SMILES string of the molecule is CS(=O)(=O)Oc1ccc2c(c1)OC(=Cc1cccc(Cl)c1Cl)C2=O. The maximum Gasteiger partial charge on any atom is 0.306 e. The molecule has 0 aromatic heterocycles. The summed E-state index contributed by atoms with van der Waals surface area (Å²) in [6.45, 7) is 0. The zero-order chi connectivity index (χ0) is 17.5. The number of carbonyl (C=O) groups excluding carboxylic acids is 1. The Kier molecular flexibility index (Phi) is 4.29. The van der Waals surface area contributed by atoms with Gasteiger partial charge in [-0.1, -0.05) is 35.3 Å².